The molecule has 1 atom stereocenters. The quantitative estimate of drug-likeness (QED) is 0.582. The number of H-pyrrole nitrogens is 1. The molecule has 2 aliphatic rings. The molecule has 0 bridgehead atoms. The number of hydrogen-bond acceptors (Lipinski definition) is 5. The maximum atomic E-state index is 13.3. The highest BCUT2D eigenvalue weighted by molar-refractivity contribution is 7.89. The topological polar surface area (TPSA) is 105 Å². The summed E-state index contributed by atoms with van der Waals surface area (Å²) in [5.41, 5.74) is 1.58. The number of carbonyl (C=O) groups is 1. The molecule has 0 spiro atoms. The minimum Gasteiger partial charge on any atom is -0.497 e. The van der Waals surface area contributed by atoms with Crippen molar-refractivity contribution in [3.8, 4) is 5.75 Å². The molecule has 1 unspecified atom stereocenters. The van der Waals surface area contributed by atoms with Crippen molar-refractivity contribution in [1.29, 1.82) is 0 Å². The van der Waals surface area contributed by atoms with Crippen molar-refractivity contribution in [2.75, 3.05) is 33.3 Å². The Labute approximate surface area is 204 Å². The zero-order valence-corrected chi connectivity index (χ0v) is 20.5. The number of amides is 1. The van der Waals surface area contributed by atoms with Crippen molar-refractivity contribution in [2.24, 2.45) is 5.92 Å². The summed E-state index contributed by atoms with van der Waals surface area (Å²) in [5.74, 6) is 0.238. The van der Waals surface area contributed by atoms with Crippen molar-refractivity contribution >= 4 is 27.0 Å². The van der Waals surface area contributed by atoms with Gasteiger partial charge >= 0.3 is 5.69 Å². The van der Waals surface area contributed by atoms with Crippen molar-refractivity contribution in [3.05, 3.63) is 59.0 Å². The van der Waals surface area contributed by atoms with E-state index in [0.717, 1.165) is 11.0 Å². The largest absolute Gasteiger partial charge is 0.497 e. The number of aromatic amines is 1. The zero-order chi connectivity index (χ0) is 24.6. The van der Waals surface area contributed by atoms with Gasteiger partial charge in [-0.15, -0.1) is 0 Å². The fourth-order valence-electron chi connectivity index (χ4n) is 5.30. The molecule has 0 saturated carbocycles. The minimum atomic E-state index is -3.68. The van der Waals surface area contributed by atoms with E-state index in [2.05, 4.69) is 4.98 Å². The van der Waals surface area contributed by atoms with E-state index in [0.29, 0.717) is 51.1 Å². The number of likely N-dealkylation sites (tertiary alicyclic amines) is 1. The third kappa shape index (κ3) is 4.48. The molecule has 0 aliphatic carbocycles. The lowest BCUT2D eigenvalue weighted by molar-refractivity contribution is -0.138. The predicted octanol–water partition coefficient (Wildman–Crippen LogP) is 2.60. The van der Waals surface area contributed by atoms with Crippen LogP contribution in [0.1, 0.15) is 31.7 Å². The van der Waals surface area contributed by atoms with Gasteiger partial charge in [0, 0.05) is 32.2 Å². The van der Waals surface area contributed by atoms with Crippen molar-refractivity contribution in [2.45, 2.75) is 36.6 Å². The standard InChI is InChI=1S/C25H30N4O5S/c1-34-20-8-10-21(11-9-20)35(32,33)28-14-4-5-18(17-28)24(30)27-15-12-19(13-16-27)29-23-7-3-2-6-22(23)26-25(29)31/h2-3,6-11,18-19H,4-5,12-17H2,1H3,(H,26,31). The van der Waals surface area contributed by atoms with Gasteiger partial charge in [0.05, 0.1) is 29.0 Å². The van der Waals surface area contributed by atoms with Gasteiger partial charge in [-0.05, 0) is 62.1 Å². The predicted molar refractivity (Wildman–Crippen MR) is 132 cm³/mol. The fourth-order valence-corrected chi connectivity index (χ4v) is 6.82. The van der Waals surface area contributed by atoms with Gasteiger partial charge in [-0.1, -0.05) is 12.1 Å². The lowest BCUT2D eigenvalue weighted by atomic mass is 9.96. The molecule has 1 N–H and O–H groups in total. The molecule has 186 valence electrons. The van der Waals surface area contributed by atoms with Gasteiger partial charge in [-0.3, -0.25) is 9.36 Å². The summed E-state index contributed by atoms with van der Waals surface area (Å²) in [6.45, 7) is 1.70. The third-order valence-corrected chi connectivity index (χ3v) is 9.08. The van der Waals surface area contributed by atoms with Gasteiger partial charge in [-0.25, -0.2) is 13.2 Å². The average Bonchev–Trinajstić information content (AvgIpc) is 3.24. The number of methoxy groups -OCH3 is 1. The number of aromatic nitrogens is 2. The molecule has 2 saturated heterocycles. The Morgan fingerprint density at radius 3 is 2.43 bits per heavy atom. The van der Waals surface area contributed by atoms with Crippen LogP contribution in [-0.2, 0) is 14.8 Å². The highest BCUT2D eigenvalue weighted by Crippen LogP contribution is 2.29. The Morgan fingerprint density at radius 2 is 1.71 bits per heavy atom. The summed E-state index contributed by atoms with van der Waals surface area (Å²) < 4.78 is 34.7. The van der Waals surface area contributed by atoms with Crippen LogP contribution in [0.15, 0.2) is 58.2 Å². The molecule has 3 aromatic rings. The van der Waals surface area contributed by atoms with Gasteiger partial charge in [0.25, 0.3) is 0 Å². The van der Waals surface area contributed by atoms with Gasteiger partial charge in [0.15, 0.2) is 0 Å². The number of benzene rings is 2. The second-order valence-corrected chi connectivity index (χ2v) is 11.2. The molecule has 1 aromatic heterocycles. The molecule has 9 nitrogen and oxygen atoms in total. The second kappa shape index (κ2) is 9.50. The molecule has 10 heteroatoms. The maximum Gasteiger partial charge on any atom is 0.326 e. The smallest absolute Gasteiger partial charge is 0.326 e. The molecule has 5 rings (SSSR count). The molecule has 1 amide bonds. The van der Waals surface area contributed by atoms with Crippen LogP contribution in [0.4, 0.5) is 0 Å². The normalized spacial score (nSPS) is 20.3. The Morgan fingerprint density at radius 1 is 1.00 bits per heavy atom. The van der Waals surface area contributed by atoms with E-state index < -0.39 is 10.0 Å². The van der Waals surface area contributed by atoms with E-state index in [4.69, 9.17) is 4.74 Å². The van der Waals surface area contributed by atoms with Crippen molar-refractivity contribution in [1.82, 2.24) is 18.8 Å². The van der Waals surface area contributed by atoms with Gasteiger partial charge in [-0.2, -0.15) is 4.31 Å². The molecular formula is C25H30N4O5S. The minimum absolute atomic E-state index is 0.00403. The molecule has 2 aliphatic heterocycles. The Bertz CT molecular complexity index is 1370. The highest BCUT2D eigenvalue weighted by Gasteiger charge is 2.36. The number of ether oxygens (including phenoxy) is 1. The van der Waals surface area contributed by atoms with E-state index >= 15 is 0 Å². The number of nitrogens with one attached hydrogen (secondary N) is 1. The Hall–Kier alpha value is -3.11. The number of carbonyl (C=O) groups excluding carboxylic acids is 1. The first-order valence-electron chi connectivity index (χ1n) is 12.0. The average molecular weight is 499 g/mol. The maximum absolute atomic E-state index is 13.3. The summed E-state index contributed by atoms with van der Waals surface area (Å²) in [6.07, 6.45) is 2.70. The van der Waals surface area contributed by atoms with Crippen LogP contribution in [-0.4, -0.2) is 66.4 Å². The van der Waals surface area contributed by atoms with Gasteiger partial charge in [0.2, 0.25) is 15.9 Å². The van der Waals surface area contributed by atoms with E-state index in [1.165, 1.54) is 23.5 Å². The van der Waals surface area contributed by atoms with E-state index in [1.54, 1.807) is 16.7 Å². The van der Waals surface area contributed by atoms with Crippen LogP contribution in [0.2, 0.25) is 0 Å². The lowest BCUT2D eigenvalue weighted by Gasteiger charge is -2.37. The molecule has 2 fully saturated rings. The second-order valence-electron chi connectivity index (χ2n) is 9.25. The lowest BCUT2D eigenvalue weighted by Crippen LogP contribution is -2.49. The Balaban J connectivity index is 1.24. The number of para-hydroxylation sites is 2. The number of hydrogen-bond donors (Lipinski definition) is 1. The van der Waals surface area contributed by atoms with E-state index in [1.807, 2.05) is 29.2 Å². The number of piperidine rings is 2. The molecule has 35 heavy (non-hydrogen) atoms. The summed E-state index contributed by atoms with van der Waals surface area (Å²) >= 11 is 0. The summed E-state index contributed by atoms with van der Waals surface area (Å²) in [5, 5.41) is 0. The van der Waals surface area contributed by atoms with Gasteiger partial charge < -0.3 is 14.6 Å². The molecule has 0 radical (unpaired) electrons. The summed E-state index contributed by atoms with van der Waals surface area (Å²) in [4.78, 5) is 30.8. The number of sulfonamides is 1. The number of nitrogens with zero attached hydrogens (tertiary/aromatic N) is 3. The SMILES string of the molecule is COc1ccc(S(=O)(=O)N2CCCC(C(=O)N3CCC(n4c(=O)[nH]c5ccccc54)CC3)C2)cc1. The van der Waals surface area contributed by atoms with Crippen molar-refractivity contribution in [3.63, 3.8) is 0 Å². The van der Waals surface area contributed by atoms with Crippen LogP contribution in [0.25, 0.3) is 11.0 Å². The van der Waals surface area contributed by atoms with Crippen molar-refractivity contribution < 1.29 is 17.9 Å². The van der Waals surface area contributed by atoms with Crippen LogP contribution >= 0.6 is 0 Å². The molecular weight excluding hydrogens is 468 g/mol. The molecule has 2 aromatic carbocycles. The summed E-state index contributed by atoms with van der Waals surface area (Å²) in [6, 6.07) is 14.0. The Kier molecular flexibility index (Phi) is 6.41. The fraction of sp³-hybridized carbons (Fsp3) is 0.440. The monoisotopic (exact) mass is 498 g/mol. The number of rotatable bonds is 5. The van der Waals surface area contributed by atoms with E-state index in [-0.39, 0.29) is 35.0 Å². The number of fused-ring (bicyclic) bond motifs is 1. The first-order chi connectivity index (χ1) is 16.9. The number of imidazole rings is 1. The first-order valence-corrected chi connectivity index (χ1v) is 13.4. The van der Waals surface area contributed by atoms with Crippen LogP contribution in [0.3, 0.4) is 0 Å². The third-order valence-electron chi connectivity index (χ3n) is 7.20. The zero-order valence-electron chi connectivity index (χ0n) is 19.7. The van der Waals surface area contributed by atoms with E-state index in [9.17, 15) is 18.0 Å². The first kappa shape index (κ1) is 23.6. The summed E-state index contributed by atoms with van der Waals surface area (Å²) in [7, 11) is -2.15. The van der Waals surface area contributed by atoms with Crippen LogP contribution in [0, 0.1) is 5.92 Å². The van der Waals surface area contributed by atoms with Crippen LogP contribution < -0.4 is 10.4 Å². The highest BCUT2D eigenvalue weighted by atomic mass is 32.2. The molecule has 3 heterocycles. The van der Waals surface area contributed by atoms with Gasteiger partial charge in [0.1, 0.15) is 5.75 Å². The van der Waals surface area contributed by atoms with Crippen LogP contribution in [0.5, 0.6) is 5.75 Å².